The van der Waals surface area contributed by atoms with Gasteiger partial charge in [-0.3, -0.25) is 4.79 Å². The van der Waals surface area contributed by atoms with Crippen LogP contribution in [0.3, 0.4) is 0 Å². The van der Waals surface area contributed by atoms with E-state index in [0.717, 1.165) is 12.2 Å². The van der Waals surface area contributed by atoms with Crippen LogP contribution in [-0.4, -0.2) is 33.3 Å². The molecule has 0 aliphatic heterocycles. The van der Waals surface area contributed by atoms with Gasteiger partial charge in [-0.1, -0.05) is 20.8 Å². The lowest BCUT2D eigenvalue weighted by Gasteiger charge is -2.30. The molecule has 1 unspecified atom stereocenters. The average molecular weight is 234 g/mol. The predicted octanol–water partition coefficient (Wildman–Crippen LogP) is 2.38. The summed E-state index contributed by atoms with van der Waals surface area (Å²) in [6, 6.07) is 0. The van der Waals surface area contributed by atoms with Crippen molar-refractivity contribution in [1.29, 1.82) is 0 Å². The van der Waals surface area contributed by atoms with Crippen molar-refractivity contribution >= 4 is 17.7 Å². The van der Waals surface area contributed by atoms with Crippen molar-refractivity contribution in [2.75, 3.05) is 12.4 Å². The van der Waals surface area contributed by atoms with Gasteiger partial charge in [0.25, 0.3) is 0 Å². The molecule has 0 saturated heterocycles. The zero-order valence-corrected chi connectivity index (χ0v) is 10.9. The number of thioether (sulfide) groups is 1. The number of carbonyl (C=O) groups is 1. The summed E-state index contributed by atoms with van der Waals surface area (Å²) in [6.45, 7) is 8.07. The highest BCUT2D eigenvalue weighted by Gasteiger charge is 2.29. The molecule has 0 amide bonds. The van der Waals surface area contributed by atoms with Crippen molar-refractivity contribution in [2.24, 2.45) is 5.41 Å². The van der Waals surface area contributed by atoms with Gasteiger partial charge in [-0.05, 0) is 18.8 Å². The summed E-state index contributed by atoms with van der Waals surface area (Å²) in [5.74, 6) is 0.0230. The Kier molecular flexibility index (Phi) is 5.67. The van der Waals surface area contributed by atoms with E-state index in [9.17, 15) is 4.79 Å². The number of aliphatic hydroxyl groups is 1. The third kappa shape index (κ3) is 6.05. The number of carboxylic acids is 1. The minimum absolute atomic E-state index is 0.132. The second-order valence-corrected chi connectivity index (χ2v) is 6.55. The molecule has 0 heterocycles. The maximum atomic E-state index is 10.7. The molecule has 0 aromatic heterocycles. The average Bonchev–Trinajstić information content (AvgIpc) is 2.14. The van der Waals surface area contributed by atoms with Gasteiger partial charge in [-0.2, -0.15) is 11.8 Å². The first-order chi connectivity index (χ1) is 6.74. The standard InChI is InChI=1S/C11H22O3S/c1-5-11(4,6-9(13)14)15-8-10(2,3)7-12/h12H,5-8H2,1-4H3,(H,13,14). The molecule has 2 N–H and O–H groups in total. The maximum Gasteiger partial charge on any atom is 0.304 e. The van der Waals surface area contributed by atoms with Crippen LogP contribution >= 0.6 is 11.8 Å². The van der Waals surface area contributed by atoms with Gasteiger partial charge in [0.1, 0.15) is 0 Å². The third-order valence-corrected chi connectivity index (χ3v) is 4.57. The van der Waals surface area contributed by atoms with Crippen LogP contribution in [0.25, 0.3) is 0 Å². The minimum Gasteiger partial charge on any atom is -0.481 e. The van der Waals surface area contributed by atoms with Crippen molar-refractivity contribution in [1.82, 2.24) is 0 Å². The molecule has 0 aromatic carbocycles. The van der Waals surface area contributed by atoms with Crippen LogP contribution in [-0.2, 0) is 4.79 Å². The summed E-state index contributed by atoms with van der Waals surface area (Å²) in [4.78, 5) is 10.7. The molecule has 90 valence electrons. The van der Waals surface area contributed by atoms with Gasteiger partial charge in [-0.25, -0.2) is 0 Å². The van der Waals surface area contributed by atoms with Crippen LogP contribution in [0.15, 0.2) is 0 Å². The second-order valence-electron chi connectivity index (χ2n) is 4.98. The summed E-state index contributed by atoms with van der Waals surface area (Å²) >= 11 is 1.64. The lowest BCUT2D eigenvalue weighted by molar-refractivity contribution is -0.137. The van der Waals surface area contributed by atoms with Gasteiger partial charge >= 0.3 is 5.97 Å². The highest BCUT2D eigenvalue weighted by Crippen LogP contribution is 2.36. The number of rotatable bonds is 7. The largest absolute Gasteiger partial charge is 0.481 e. The molecule has 0 radical (unpaired) electrons. The summed E-state index contributed by atoms with van der Waals surface area (Å²) in [6.07, 6.45) is 1.00. The molecular weight excluding hydrogens is 212 g/mol. The zero-order chi connectivity index (χ0) is 12.1. The molecule has 0 aliphatic carbocycles. The molecule has 0 aromatic rings. The first-order valence-electron chi connectivity index (χ1n) is 5.21. The number of hydrogen-bond donors (Lipinski definition) is 2. The Morgan fingerprint density at radius 2 is 1.87 bits per heavy atom. The van der Waals surface area contributed by atoms with Gasteiger partial charge in [0, 0.05) is 17.1 Å². The lowest BCUT2D eigenvalue weighted by atomic mass is 9.98. The molecule has 0 spiro atoms. The number of aliphatic carboxylic acids is 1. The van der Waals surface area contributed by atoms with Crippen LogP contribution in [0.1, 0.15) is 40.5 Å². The van der Waals surface area contributed by atoms with E-state index in [1.54, 1.807) is 11.8 Å². The molecule has 4 heteroatoms. The van der Waals surface area contributed by atoms with E-state index in [2.05, 4.69) is 0 Å². The predicted molar refractivity (Wildman–Crippen MR) is 64.3 cm³/mol. The van der Waals surface area contributed by atoms with Gasteiger partial charge < -0.3 is 10.2 Å². The minimum atomic E-state index is -0.756. The van der Waals surface area contributed by atoms with Crippen LogP contribution < -0.4 is 0 Å². The Bertz CT molecular complexity index is 216. The third-order valence-electron chi connectivity index (χ3n) is 2.51. The Morgan fingerprint density at radius 3 is 2.20 bits per heavy atom. The Morgan fingerprint density at radius 1 is 1.33 bits per heavy atom. The van der Waals surface area contributed by atoms with Crippen molar-refractivity contribution < 1.29 is 15.0 Å². The smallest absolute Gasteiger partial charge is 0.304 e. The topological polar surface area (TPSA) is 57.5 Å². The van der Waals surface area contributed by atoms with Crippen molar-refractivity contribution in [3.63, 3.8) is 0 Å². The monoisotopic (exact) mass is 234 g/mol. The van der Waals surface area contributed by atoms with Crippen LogP contribution in [0, 0.1) is 5.41 Å². The second kappa shape index (κ2) is 5.75. The molecule has 0 aliphatic rings. The highest BCUT2D eigenvalue weighted by molar-refractivity contribution is 8.00. The Hall–Kier alpha value is -0.220. The summed E-state index contributed by atoms with van der Waals surface area (Å²) in [5.41, 5.74) is -0.139. The van der Waals surface area contributed by atoms with Crippen molar-refractivity contribution in [3.05, 3.63) is 0 Å². The number of hydrogen-bond acceptors (Lipinski definition) is 3. The van der Waals surface area contributed by atoms with Crippen molar-refractivity contribution in [2.45, 2.75) is 45.3 Å². The number of carboxylic acid groups (broad SMARTS) is 1. The van der Waals surface area contributed by atoms with E-state index in [-0.39, 0.29) is 23.2 Å². The molecule has 3 nitrogen and oxygen atoms in total. The Balaban J connectivity index is 4.26. The summed E-state index contributed by atoms with van der Waals surface area (Å²) in [5, 5.41) is 17.9. The molecule has 0 bridgehead atoms. The van der Waals surface area contributed by atoms with Gasteiger partial charge in [0.15, 0.2) is 0 Å². The molecular formula is C11H22O3S. The first-order valence-corrected chi connectivity index (χ1v) is 6.20. The fourth-order valence-corrected chi connectivity index (χ4v) is 2.27. The van der Waals surface area contributed by atoms with Crippen LogP contribution in [0.5, 0.6) is 0 Å². The van der Waals surface area contributed by atoms with Gasteiger partial charge in [0.2, 0.25) is 0 Å². The van der Waals surface area contributed by atoms with E-state index in [4.69, 9.17) is 10.2 Å². The summed E-state index contributed by atoms with van der Waals surface area (Å²) < 4.78 is -0.224. The lowest BCUT2D eigenvalue weighted by Crippen LogP contribution is -2.28. The van der Waals surface area contributed by atoms with E-state index in [1.807, 2.05) is 27.7 Å². The molecule has 0 rings (SSSR count). The molecule has 0 saturated carbocycles. The Labute approximate surface area is 96.3 Å². The van der Waals surface area contributed by atoms with Gasteiger partial charge in [0.05, 0.1) is 6.42 Å². The normalized spacial score (nSPS) is 16.1. The van der Waals surface area contributed by atoms with E-state index in [0.29, 0.717) is 0 Å². The highest BCUT2D eigenvalue weighted by atomic mass is 32.2. The maximum absolute atomic E-state index is 10.7. The van der Waals surface area contributed by atoms with Crippen molar-refractivity contribution in [3.8, 4) is 0 Å². The van der Waals surface area contributed by atoms with E-state index >= 15 is 0 Å². The first kappa shape index (κ1) is 14.8. The van der Waals surface area contributed by atoms with E-state index < -0.39 is 5.97 Å². The van der Waals surface area contributed by atoms with Crippen LogP contribution in [0.4, 0.5) is 0 Å². The quantitative estimate of drug-likeness (QED) is 0.710. The molecule has 1 atom stereocenters. The fourth-order valence-electron chi connectivity index (χ4n) is 1.01. The fraction of sp³-hybridized carbons (Fsp3) is 0.909. The molecule has 0 fully saturated rings. The summed E-state index contributed by atoms with van der Waals surface area (Å²) in [7, 11) is 0. The van der Waals surface area contributed by atoms with E-state index in [1.165, 1.54) is 0 Å². The number of aliphatic hydroxyl groups excluding tert-OH is 1. The molecule has 15 heavy (non-hydrogen) atoms. The van der Waals surface area contributed by atoms with Crippen LogP contribution in [0.2, 0.25) is 0 Å². The SMILES string of the molecule is CCC(C)(CC(=O)O)SCC(C)(C)CO. The van der Waals surface area contributed by atoms with Gasteiger partial charge in [-0.15, -0.1) is 0 Å². The zero-order valence-electron chi connectivity index (χ0n) is 10.0.